The first kappa shape index (κ1) is 15.7. The fourth-order valence-electron chi connectivity index (χ4n) is 2.12. The van der Waals surface area contributed by atoms with Crippen LogP contribution in [0.25, 0.3) is 5.69 Å². The van der Waals surface area contributed by atoms with Gasteiger partial charge in [0.15, 0.2) is 0 Å². The minimum atomic E-state index is 0.185. The standard InChI is InChI=1S/C17H25N3O/c1-4-10-18-17(13-21-14(2)3)15-11-19-20(12-15)16-8-6-5-7-9-16/h5-9,11-12,14,17-18H,4,10,13H2,1-3H3. The summed E-state index contributed by atoms with van der Waals surface area (Å²) in [5, 5.41) is 7.99. The fraction of sp³-hybridized carbons (Fsp3) is 0.471. The number of rotatable bonds is 8. The monoisotopic (exact) mass is 287 g/mol. The average Bonchev–Trinajstić information content (AvgIpc) is 2.98. The topological polar surface area (TPSA) is 39.1 Å². The third-order valence-corrected chi connectivity index (χ3v) is 3.26. The van der Waals surface area contributed by atoms with E-state index in [-0.39, 0.29) is 12.1 Å². The van der Waals surface area contributed by atoms with Crippen molar-refractivity contribution in [1.82, 2.24) is 15.1 Å². The maximum absolute atomic E-state index is 5.77. The fourth-order valence-corrected chi connectivity index (χ4v) is 2.12. The van der Waals surface area contributed by atoms with Crippen LogP contribution < -0.4 is 5.32 Å². The number of nitrogens with zero attached hydrogens (tertiary/aromatic N) is 2. The molecule has 0 fully saturated rings. The summed E-state index contributed by atoms with van der Waals surface area (Å²) in [7, 11) is 0. The van der Waals surface area contributed by atoms with Crippen molar-refractivity contribution < 1.29 is 4.74 Å². The van der Waals surface area contributed by atoms with Crippen LogP contribution in [0.5, 0.6) is 0 Å². The Balaban J connectivity index is 2.10. The molecule has 21 heavy (non-hydrogen) atoms. The molecule has 1 unspecified atom stereocenters. The van der Waals surface area contributed by atoms with Crippen LogP contribution in [0.3, 0.4) is 0 Å². The van der Waals surface area contributed by atoms with Crippen LogP contribution in [0.1, 0.15) is 38.8 Å². The number of nitrogens with one attached hydrogen (secondary N) is 1. The summed E-state index contributed by atoms with van der Waals surface area (Å²) >= 11 is 0. The molecule has 0 radical (unpaired) electrons. The van der Waals surface area contributed by atoms with Crippen LogP contribution in [0.2, 0.25) is 0 Å². The molecule has 0 aliphatic rings. The Hall–Kier alpha value is -1.65. The van der Waals surface area contributed by atoms with Gasteiger partial charge >= 0.3 is 0 Å². The summed E-state index contributed by atoms with van der Waals surface area (Å²) in [4.78, 5) is 0. The van der Waals surface area contributed by atoms with E-state index in [0.29, 0.717) is 6.61 Å². The van der Waals surface area contributed by atoms with Gasteiger partial charge in [-0.2, -0.15) is 5.10 Å². The van der Waals surface area contributed by atoms with Gasteiger partial charge in [0, 0.05) is 11.8 Å². The number of aromatic nitrogens is 2. The minimum Gasteiger partial charge on any atom is -0.377 e. The highest BCUT2D eigenvalue weighted by Gasteiger charge is 2.14. The summed E-state index contributed by atoms with van der Waals surface area (Å²) in [6.45, 7) is 7.93. The molecule has 0 spiro atoms. The second kappa shape index (κ2) is 7.96. The third-order valence-electron chi connectivity index (χ3n) is 3.26. The van der Waals surface area contributed by atoms with Crippen LogP contribution in [-0.4, -0.2) is 29.0 Å². The molecule has 4 heteroatoms. The number of benzene rings is 1. The van der Waals surface area contributed by atoms with Crippen LogP contribution >= 0.6 is 0 Å². The van der Waals surface area contributed by atoms with Gasteiger partial charge in [-0.3, -0.25) is 0 Å². The van der Waals surface area contributed by atoms with Gasteiger partial charge in [-0.15, -0.1) is 0 Å². The van der Waals surface area contributed by atoms with Gasteiger partial charge in [0.05, 0.1) is 30.6 Å². The molecule has 1 aromatic carbocycles. The average molecular weight is 287 g/mol. The highest BCUT2D eigenvalue weighted by Crippen LogP contribution is 2.16. The molecule has 2 aromatic rings. The van der Waals surface area contributed by atoms with Gasteiger partial charge in [0.25, 0.3) is 0 Å². The molecule has 1 heterocycles. The molecule has 0 saturated heterocycles. The first-order valence-corrected chi connectivity index (χ1v) is 7.65. The predicted octanol–water partition coefficient (Wildman–Crippen LogP) is 3.34. The maximum Gasteiger partial charge on any atom is 0.0666 e. The molecule has 114 valence electrons. The van der Waals surface area contributed by atoms with Crippen LogP contribution in [0, 0.1) is 0 Å². The van der Waals surface area contributed by atoms with Gasteiger partial charge in [-0.25, -0.2) is 4.68 Å². The number of ether oxygens (including phenoxy) is 1. The van der Waals surface area contributed by atoms with Crippen molar-refractivity contribution in [1.29, 1.82) is 0 Å². The Bertz CT molecular complexity index is 522. The van der Waals surface area contributed by atoms with Gasteiger partial charge in [0.2, 0.25) is 0 Å². The molecule has 0 aliphatic heterocycles. The highest BCUT2D eigenvalue weighted by molar-refractivity contribution is 5.31. The van der Waals surface area contributed by atoms with E-state index in [0.717, 1.165) is 24.2 Å². The van der Waals surface area contributed by atoms with Crippen LogP contribution in [0.4, 0.5) is 0 Å². The van der Waals surface area contributed by atoms with Crippen molar-refractivity contribution in [2.45, 2.75) is 39.3 Å². The Kier molecular flexibility index (Phi) is 5.96. The molecule has 0 saturated carbocycles. The van der Waals surface area contributed by atoms with E-state index in [1.807, 2.05) is 29.1 Å². The highest BCUT2D eigenvalue weighted by atomic mass is 16.5. The Labute approximate surface area is 127 Å². The molecule has 2 rings (SSSR count). The summed E-state index contributed by atoms with van der Waals surface area (Å²) in [5.41, 5.74) is 2.23. The number of para-hydroxylation sites is 1. The van der Waals surface area contributed by atoms with Gasteiger partial charge in [-0.05, 0) is 38.9 Å². The SMILES string of the molecule is CCCNC(COC(C)C)c1cnn(-c2ccccc2)c1. The summed E-state index contributed by atoms with van der Waals surface area (Å²) in [6, 6.07) is 10.3. The van der Waals surface area contributed by atoms with E-state index >= 15 is 0 Å². The molecule has 0 amide bonds. The Morgan fingerprint density at radius 2 is 2.00 bits per heavy atom. The van der Waals surface area contributed by atoms with E-state index in [9.17, 15) is 0 Å². The van der Waals surface area contributed by atoms with Crippen molar-refractivity contribution in [3.8, 4) is 5.69 Å². The molecule has 1 atom stereocenters. The van der Waals surface area contributed by atoms with E-state index in [1.54, 1.807) is 0 Å². The first-order chi connectivity index (χ1) is 10.2. The zero-order valence-corrected chi connectivity index (χ0v) is 13.1. The smallest absolute Gasteiger partial charge is 0.0666 e. The summed E-state index contributed by atoms with van der Waals surface area (Å²) in [5.74, 6) is 0. The van der Waals surface area contributed by atoms with Gasteiger partial charge in [-0.1, -0.05) is 25.1 Å². The predicted molar refractivity (Wildman–Crippen MR) is 85.7 cm³/mol. The Morgan fingerprint density at radius 3 is 2.67 bits per heavy atom. The van der Waals surface area contributed by atoms with Crippen molar-refractivity contribution in [3.63, 3.8) is 0 Å². The van der Waals surface area contributed by atoms with Gasteiger partial charge < -0.3 is 10.1 Å². The zero-order valence-electron chi connectivity index (χ0n) is 13.1. The molecule has 0 bridgehead atoms. The molecule has 1 aromatic heterocycles. The quantitative estimate of drug-likeness (QED) is 0.809. The number of hydrogen-bond donors (Lipinski definition) is 1. The van der Waals surface area contributed by atoms with Gasteiger partial charge in [0.1, 0.15) is 0 Å². The number of hydrogen-bond acceptors (Lipinski definition) is 3. The minimum absolute atomic E-state index is 0.185. The van der Waals surface area contributed by atoms with E-state index in [4.69, 9.17) is 4.74 Å². The molecule has 1 N–H and O–H groups in total. The lowest BCUT2D eigenvalue weighted by atomic mass is 10.1. The summed E-state index contributed by atoms with van der Waals surface area (Å²) in [6.07, 6.45) is 5.33. The van der Waals surface area contributed by atoms with Crippen LogP contribution in [0.15, 0.2) is 42.7 Å². The molecular weight excluding hydrogens is 262 g/mol. The summed E-state index contributed by atoms with van der Waals surface area (Å²) < 4.78 is 7.68. The van der Waals surface area contributed by atoms with Crippen molar-refractivity contribution >= 4 is 0 Å². The first-order valence-electron chi connectivity index (χ1n) is 7.65. The van der Waals surface area contributed by atoms with E-state index in [1.165, 1.54) is 0 Å². The van der Waals surface area contributed by atoms with Crippen molar-refractivity contribution in [3.05, 3.63) is 48.3 Å². The normalized spacial score (nSPS) is 12.8. The lowest BCUT2D eigenvalue weighted by molar-refractivity contribution is 0.0611. The van der Waals surface area contributed by atoms with E-state index < -0.39 is 0 Å². The molecule has 0 aliphatic carbocycles. The zero-order chi connectivity index (χ0) is 15.1. The molecular formula is C17H25N3O. The van der Waals surface area contributed by atoms with E-state index in [2.05, 4.69) is 49.5 Å². The lowest BCUT2D eigenvalue weighted by Gasteiger charge is -2.18. The second-order valence-corrected chi connectivity index (χ2v) is 5.44. The lowest BCUT2D eigenvalue weighted by Crippen LogP contribution is -2.27. The van der Waals surface area contributed by atoms with Crippen LogP contribution in [-0.2, 0) is 4.74 Å². The van der Waals surface area contributed by atoms with Crippen molar-refractivity contribution in [2.24, 2.45) is 0 Å². The largest absolute Gasteiger partial charge is 0.377 e. The second-order valence-electron chi connectivity index (χ2n) is 5.44. The molecule has 4 nitrogen and oxygen atoms in total. The van der Waals surface area contributed by atoms with Crippen molar-refractivity contribution in [2.75, 3.05) is 13.2 Å². The third kappa shape index (κ3) is 4.69. The Morgan fingerprint density at radius 1 is 1.24 bits per heavy atom. The maximum atomic E-state index is 5.77.